The van der Waals surface area contributed by atoms with E-state index < -0.39 is 0 Å². The summed E-state index contributed by atoms with van der Waals surface area (Å²) in [5.74, 6) is 0.267. The molecule has 0 unspecified atom stereocenters. The van der Waals surface area contributed by atoms with Gasteiger partial charge in [0.2, 0.25) is 5.91 Å². The van der Waals surface area contributed by atoms with Crippen LogP contribution in [0.2, 0.25) is 0 Å². The minimum Gasteiger partial charge on any atom is -0.335 e. The monoisotopic (exact) mass is 326 g/mol. The van der Waals surface area contributed by atoms with Crippen LogP contribution in [-0.2, 0) is 11.3 Å². The summed E-state index contributed by atoms with van der Waals surface area (Å²) in [5.41, 5.74) is 6.94. The van der Waals surface area contributed by atoms with Crippen molar-refractivity contribution in [2.45, 2.75) is 57.2 Å². The summed E-state index contributed by atoms with van der Waals surface area (Å²) < 4.78 is 13.3. The maximum atomic E-state index is 13.3. The lowest BCUT2D eigenvalue weighted by atomic mass is 9.99. The molecule has 1 aromatic rings. The van der Waals surface area contributed by atoms with E-state index in [-0.39, 0.29) is 30.2 Å². The van der Waals surface area contributed by atoms with Gasteiger partial charge in [0.15, 0.2) is 0 Å². The van der Waals surface area contributed by atoms with Crippen molar-refractivity contribution in [3.05, 3.63) is 35.6 Å². The maximum Gasteiger partial charge on any atom is 0.223 e. The number of nitrogens with two attached hydrogens (primary N) is 1. The number of hydrogen-bond donors (Lipinski definition) is 1. The molecule has 2 aliphatic carbocycles. The molecule has 0 radical (unpaired) electrons. The van der Waals surface area contributed by atoms with Crippen LogP contribution in [0.3, 0.4) is 0 Å². The van der Waals surface area contributed by atoms with Gasteiger partial charge in [0, 0.05) is 25.0 Å². The van der Waals surface area contributed by atoms with Crippen LogP contribution in [0.1, 0.15) is 44.1 Å². The molecule has 1 aromatic carbocycles. The van der Waals surface area contributed by atoms with Gasteiger partial charge >= 0.3 is 0 Å². The highest BCUT2D eigenvalue weighted by molar-refractivity contribution is 5.85. The van der Waals surface area contributed by atoms with Gasteiger partial charge in [-0.3, -0.25) is 4.79 Å². The number of nitrogens with zero attached hydrogens (tertiary/aromatic N) is 1. The van der Waals surface area contributed by atoms with E-state index in [1.165, 1.54) is 12.1 Å². The second-order valence-corrected chi connectivity index (χ2v) is 6.44. The highest BCUT2D eigenvalue weighted by Crippen LogP contribution is 2.32. The number of rotatable bonds is 5. The average molecular weight is 327 g/mol. The molecule has 3 rings (SSSR count). The third-order valence-corrected chi connectivity index (χ3v) is 4.70. The molecule has 2 aliphatic rings. The van der Waals surface area contributed by atoms with Crippen molar-refractivity contribution < 1.29 is 9.18 Å². The SMILES string of the molecule is Cl.N[C@@H]1CCC[C@H]1CC(=O)N(Cc1cccc(F)c1)C1CC1. The number of halogens is 2. The zero-order valence-electron chi connectivity index (χ0n) is 12.7. The van der Waals surface area contributed by atoms with Crippen molar-refractivity contribution >= 4 is 18.3 Å². The molecule has 5 heteroatoms. The topological polar surface area (TPSA) is 46.3 Å². The minimum absolute atomic E-state index is 0. The lowest BCUT2D eigenvalue weighted by molar-refractivity contribution is -0.133. The highest BCUT2D eigenvalue weighted by atomic mass is 35.5. The highest BCUT2D eigenvalue weighted by Gasteiger charge is 2.35. The Kier molecular flexibility index (Phi) is 5.81. The molecule has 0 bridgehead atoms. The summed E-state index contributed by atoms with van der Waals surface area (Å²) in [6.45, 7) is 0.517. The quantitative estimate of drug-likeness (QED) is 0.902. The molecule has 2 atom stereocenters. The van der Waals surface area contributed by atoms with Gasteiger partial charge in [-0.15, -0.1) is 12.4 Å². The van der Waals surface area contributed by atoms with E-state index in [9.17, 15) is 9.18 Å². The summed E-state index contributed by atoms with van der Waals surface area (Å²) in [6.07, 6.45) is 5.91. The number of amides is 1. The second kappa shape index (κ2) is 7.42. The van der Waals surface area contributed by atoms with Gasteiger partial charge in [-0.2, -0.15) is 0 Å². The van der Waals surface area contributed by atoms with Crippen molar-refractivity contribution in [1.82, 2.24) is 4.90 Å². The second-order valence-electron chi connectivity index (χ2n) is 6.44. The summed E-state index contributed by atoms with van der Waals surface area (Å²) in [7, 11) is 0. The van der Waals surface area contributed by atoms with Crippen molar-refractivity contribution in [1.29, 1.82) is 0 Å². The van der Waals surface area contributed by atoms with Gasteiger partial charge in [-0.25, -0.2) is 4.39 Å². The molecular formula is C17H24ClFN2O. The maximum absolute atomic E-state index is 13.3. The Morgan fingerprint density at radius 1 is 1.27 bits per heavy atom. The zero-order chi connectivity index (χ0) is 14.8. The molecule has 0 spiro atoms. The Morgan fingerprint density at radius 3 is 2.64 bits per heavy atom. The van der Waals surface area contributed by atoms with Crippen molar-refractivity contribution in [2.75, 3.05) is 0 Å². The third-order valence-electron chi connectivity index (χ3n) is 4.70. The standard InChI is InChI=1S/C17H23FN2O.ClH/c18-14-5-1-3-12(9-14)11-20(15-7-8-15)17(21)10-13-4-2-6-16(13)19;/h1,3,5,9,13,15-16H,2,4,6-8,10-11,19H2;1H/t13-,16+;/m0./s1. The van der Waals surface area contributed by atoms with E-state index in [1.807, 2.05) is 11.0 Å². The summed E-state index contributed by atoms with van der Waals surface area (Å²) in [4.78, 5) is 14.5. The molecule has 2 saturated carbocycles. The number of carbonyl (C=O) groups excluding carboxylic acids is 1. The Morgan fingerprint density at radius 2 is 2.05 bits per heavy atom. The summed E-state index contributed by atoms with van der Waals surface area (Å²) in [6, 6.07) is 7.05. The van der Waals surface area contributed by atoms with Crippen LogP contribution in [-0.4, -0.2) is 22.9 Å². The van der Waals surface area contributed by atoms with Gasteiger partial charge in [0.05, 0.1) is 0 Å². The van der Waals surface area contributed by atoms with Crippen LogP contribution in [0.25, 0.3) is 0 Å². The first kappa shape index (κ1) is 17.2. The summed E-state index contributed by atoms with van der Waals surface area (Å²) in [5, 5.41) is 0. The van der Waals surface area contributed by atoms with Gasteiger partial charge in [-0.1, -0.05) is 18.6 Å². The fraction of sp³-hybridized carbons (Fsp3) is 0.588. The molecule has 3 nitrogen and oxygen atoms in total. The normalized spacial score (nSPS) is 23.9. The number of benzene rings is 1. The van der Waals surface area contributed by atoms with Gasteiger partial charge in [0.1, 0.15) is 5.82 Å². The first-order chi connectivity index (χ1) is 10.1. The van der Waals surface area contributed by atoms with Crippen molar-refractivity contribution in [2.24, 2.45) is 11.7 Å². The van der Waals surface area contributed by atoms with Crippen molar-refractivity contribution in [3.63, 3.8) is 0 Å². The van der Waals surface area contributed by atoms with Crippen LogP contribution in [0.15, 0.2) is 24.3 Å². The van der Waals surface area contributed by atoms with Crippen molar-refractivity contribution in [3.8, 4) is 0 Å². The molecule has 2 N–H and O–H groups in total. The first-order valence-electron chi connectivity index (χ1n) is 7.93. The smallest absolute Gasteiger partial charge is 0.223 e. The number of hydrogen-bond acceptors (Lipinski definition) is 2. The molecule has 0 saturated heterocycles. The Bertz CT molecular complexity index is 521. The van der Waals surface area contributed by atoms with Crippen LogP contribution in [0, 0.1) is 11.7 Å². The predicted octanol–water partition coefficient (Wildman–Crippen LogP) is 3.26. The Hall–Kier alpha value is -1.13. The largest absolute Gasteiger partial charge is 0.335 e. The molecule has 0 aromatic heterocycles. The molecule has 22 heavy (non-hydrogen) atoms. The third kappa shape index (κ3) is 4.20. The molecule has 0 heterocycles. The predicted molar refractivity (Wildman–Crippen MR) is 87.2 cm³/mol. The van der Waals surface area contributed by atoms with E-state index in [2.05, 4.69) is 0 Å². The molecule has 122 valence electrons. The lowest BCUT2D eigenvalue weighted by Crippen LogP contribution is -2.36. The first-order valence-corrected chi connectivity index (χ1v) is 7.93. The van der Waals surface area contributed by atoms with E-state index in [1.54, 1.807) is 6.07 Å². The lowest BCUT2D eigenvalue weighted by Gasteiger charge is -2.25. The van der Waals surface area contributed by atoms with Gasteiger partial charge < -0.3 is 10.6 Å². The van der Waals surface area contributed by atoms with Crippen LogP contribution >= 0.6 is 12.4 Å². The van der Waals surface area contributed by atoms with Crippen LogP contribution in [0.4, 0.5) is 4.39 Å². The number of carbonyl (C=O) groups is 1. The summed E-state index contributed by atoms with van der Waals surface area (Å²) >= 11 is 0. The molecule has 0 aliphatic heterocycles. The average Bonchev–Trinajstić information content (AvgIpc) is 3.21. The van der Waals surface area contributed by atoms with E-state index >= 15 is 0 Å². The van der Waals surface area contributed by atoms with Gasteiger partial charge in [0.25, 0.3) is 0 Å². The van der Waals surface area contributed by atoms with E-state index in [0.29, 0.717) is 24.9 Å². The van der Waals surface area contributed by atoms with Crippen LogP contribution in [0.5, 0.6) is 0 Å². The van der Waals surface area contributed by atoms with E-state index in [0.717, 1.165) is 37.7 Å². The minimum atomic E-state index is -0.242. The van der Waals surface area contributed by atoms with Crippen LogP contribution < -0.4 is 5.73 Å². The Labute approximate surface area is 137 Å². The Balaban J connectivity index is 0.00000176. The fourth-order valence-electron chi connectivity index (χ4n) is 3.30. The molecule has 2 fully saturated rings. The van der Waals surface area contributed by atoms with Gasteiger partial charge in [-0.05, 0) is 49.3 Å². The zero-order valence-corrected chi connectivity index (χ0v) is 13.5. The molecule has 1 amide bonds. The van der Waals surface area contributed by atoms with E-state index in [4.69, 9.17) is 5.73 Å². The fourth-order valence-corrected chi connectivity index (χ4v) is 3.30. The molecular weight excluding hydrogens is 303 g/mol.